The summed E-state index contributed by atoms with van der Waals surface area (Å²) in [4.78, 5) is 43.5. The Morgan fingerprint density at radius 2 is 1.41 bits per heavy atom. The number of unbranched alkanes of at least 4 members (excludes halogenated alkanes) is 4. The maximum absolute atomic E-state index is 11.9. The van der Waals surface area contributed by atoms with Gasteiger partial charge in [0.25, 0.3) is 0 Å². The van der Waals surface area contributed by atoms with Gasteiger partial charge in [0, 0.05) is 12.8 Å². The minimum atomic E-state index is -4.47. The molecular formula is C29H49N2O9P. The summed E-state index contributed by atoms with van der Waals surface area (Å²) < 4.78 is 25.7. The van der Waals surface area contributed by atoms with Gasteiger partial charge in [0.15, 0.2) is 0 Å². The highest BCUT2D eigenvalue weighted by Gasteiger charge is 2.24. The fourth-order valence-electron chi connectivity index (χ4n) is 3.14. The number of carboxylic acids is 1. The smallest absolute Gasteiger partial charge is 0.472 e. The molecule has 0 spiro atoms. The van der Waals surface area contributed by atoms with Crippen molar-refractivity contribution in [2.24, 2.45) is 5.73 Å². The van der Waals surface area contributed by atoms with E-state index >= 15 is 0 Å². The van der Waals surface area contributed by atoms with Crippen LogP contribution in [0.4, 0.5) is 0 Å². The van der Waals surface area contributed by atoms with E-state index in [1.165, 1.54) is 25.7 Å². The third-order valence-corrected chi connectivity index (χ3v) is 6.42. The second-order valence-corrected chi connectivity index (χ2v) is 10.7. The molecule has 0 aromatic heterocycles. The first-order valence-corrected chi connectivity index (χ1v) is 15.8. The Morgan fingerprint density at radius 1 is 0.829 bits per heavy atom. The number of carboxylic acid groups (broad SMARTS) is 1. The fourth-order valence-corrected chi connectivity index (χ4v) is 3.92. The van der Waals surface area contributed by atoms with E-state index in [9.17, 15) is 23.8 Å². The van der Waals surface area contributed by atoms with Crippen molar-refractivity contribution in [2.45, 2.75) is 90.0 Å². The molecule has 2 atom stereocenters. The van der Waals surface area contributed by atoms with Crippen molar-refractivity contribution in [3.8, 4) is 0 Å². The van der Waals surface area contributed by atoms with Gasteiger partial charge in [-0.15, -0.1) is 0 Å². The van der Waals surface area contributed by atoms with E-state index in [1.54, 1.807) is 0 Å². The number of hydrogen-bond donors (Lipinski definition) is 4. The SMILES string of the molecule is CCCCC/C=C\C/C=C\C/C=C\C/C=C\CCCC(=O)NCCOC(=O)CCCOP(=O)(O)OCC(N)C(=O)O. The van der Waals surface area contributed by atoms with Gasteiger partial charge in [-0.25, -0.2) is 4.57 Å². The second kappa shape index (κ2) is 26.3. The van der Waals surface area contributed by atoms with Crippen LogP contribution in [0.5, 0.6) is 0 Å². The molecule has 1 amide bonds. The standard InChI is InChI=1S/C29H49N2O9P/c1-2-3-4-5-6-7-8-9-10-11-12-13-14-15-16-17-18-20-27(32)31-22-24-38-28(33)21-19-23-39-41(36,37)40-25-26(30)29(34)35/h6-7,9-10,12-13,15-16,26H,2-5,8,11,14,17-25,30H2,1H3,(H,31,32)(H,34,35)(H,36,37)/b7-6-,10-9-,13-12-,16-15-. The molecule has 0 bridgehead atoms. The quantitative estimate of drug-likeness (QED) is 0.0451. The first-order chi connectivity index (χ1) is 19.7. The lowest BCUT2D eigenvalue weighted by atomic mass is 10.2. The number of carbonyl (C=O) groups excluding carboxylic acids is 2. The molecule has 0 aliphatic carbocycles. The second-order valence-electron chi connectivity index (χ2n) is 9.20. The number of hydrogen-bond acceptors (Lipinski definition) is 8. The maximum Gasteiger partial charge on any atom is 0.472 e. The number of rotatable bonds is 26. The molecule has 234 valence electrons. The van der Waals surface area contributed by atoms with E-state index in [-0.39, 0.29) is 38.5 Å². The van der Waals surface area contributed by atoms with Gasteiger partial charge in [-0.2, -0.15) is 0 Å². The molecule has 0 aliphatic rings. The van der Waals surface area contributed by atoms with Crippen LogP contribution < -0.4 is 11.1 Å². The molecule has 0 heterocycles. The van der Waals surface area contributed by atoms with E-state index in [4.69, 9.17) is 15.6 Å². The van der Waals surface area contributed by atoms with Crippen LogP contribution in [0.1, 0.15) is 84.0 Å². The summed E-state index contributed by atoms with van der Waals surface area (Å²) in [7, 11) is -4.47. The van der Waals surface area contributed by atoms with Crippen LogP contribution >= 0.6 is 7.82 Å². The number of aliphatic carboxylic acids is 1. The Morgan fingerprint density at radius 3 is 2.00 bits per heavy atom. The third kappa shape index (κ3) is 27.4. The number of ether oxygens (including phenoxy) is 1. The van der Waals surface area contributed by atoms with Crippen molar-refractivity contribution in [1.82, 2.24) is 5.32 Å². The summed E-state index contributed by atoms with van der Waals surface area (Å²) in [6.07, 6.45) is 27.0. The van der Waals surface area contributed by atoms with Crippen molar-refractivity contribution in [3.63, 3.8) is 0 Å². The Balaban J connectivity index is 3.67. The van der Waals surface area contributed by atoms with Crippen LogP contribution in [-0.4, -0.2) is 60.3 Å². The van der Waals surface area contributed by atoms with E-state index in [0.717, 1.165) is 32.1 Å². The molecule has 0 rings (SSSR count). The lowest BCUT2D eigenvalue weighted by molar-refractivity contribution is -0.144. The maximum atomic E-state index is 11.9. The average molecular weight is 601 g/mol. The van der Waals surface area contributed by atoms with Crippen molar-refractivity contribution in [1.29, 1.82) is 0 Å². The highest BCUT2D eigenvalue weighted by atomic mass is 31.2. The Hall–Kier alpha value is -2.56. The average Bonchev–Trinajstić information content (AvgIpc) is 2.93. The highest BCUT2D eigenvalue weighted by molar-refractivity contribution is 7.47. The zero-order valence-electron chi connectivity index (χ0n) is 24.3. The minimum absolute atomic E-state index is 0.0112. The third-order valence-electron chi connectivity index (χ3n) is 5.43. The number of carbonyl (C=O) groups is 3. The number of nitrogens with two attached hydrogens (primary N) is 1. The topological polar surface area (TPSA) is 174 Å². The summed E-state index contributed by atoms with van der Waals surface area (Å²) in [5.41, 5.74) is 5.17. The van der Waals surface area contributed by atoms with E-state index < -0.39 is 32.4 Å². The van der Waals surface area contributed by atoms with E-state index in [1.807, 2.05) is 0 Å². The van der Waals surface area contributed by atoms with E-state index in [0.29, 0.717) is 6.42 Å². The zero-order valence-corrected chi connectivity index (χ0v) is 25.2. The monoisotopic (exact) mass is 600 g/mol. The number of phosphoric ester groups is 1. The predicted octanol–water partition coefficient (Wildman–Crippen LogP) is 5.12. The molecule has 0 saturated heterocycles. The van der Waals surface area contributed by atoms with Gasteiger partial charge in [0.1, 0.15) is 12.6 Å². The summed E-state index contributed by atoms with van der Waals surface area (Å²) in [5, 5.41) is 11.3. The molecule has 11 nitrogen and oxygen atoms in total. The van der Waals surface area contributed by atoms with Gasteiger partial charge in [0.2, 0.25) is 5.91 Å². The van der Waals surface area contributed by atoms with Gasteiger partial charge in [-0.05, 0) is 51.4 Å². The molecule has 12 heteroatoms. The molecule has 2 unspecified atom stereocenters. The van der Waals surface area contributed by atoms with Crippen LogP contribution in [0.3, 0.4) is 0 Å². The van der Waals surface area contributed by atoms with Gasteiger partial charge >= 0.3 is 19.8 Å². The van der Waals surface area contributed by atoms with Gasteiger partial charge in [0.05, 0.1) is 19.8 Å². The largest absolute Gasteiger partial charge is 0.480 e. The summed E-state index contributed by atoms with van der Waals surface area (Å²) in [6, 6.07) is -1.46. The highest BCUT2D eigenvalue weighted by Crippen LogP contribution is 2.43. The summed E-state index contributed by atoms with van der Waals surface area (Å²) >= 11 is 0. The Labute approximate surface area is 244 Å². The van der Waals surface area contributed by atoms with Gasteiger partial charge in [-0.1, -0.05) is 68.4 Å². The molecule has 5 N–H and O–H groups in total. The minimum Gasteiger partial charge on any atom is -0.480 e. The number of allylic oxidation sites excluding steroid dienone is 8. The van der Waals surface area contributed by atoms with Crippen molar-refractivity contribution in [3.05, 3.63) is 48.6 Å². The van der Waals surface area contributed by atoms with Crippen LogP contribution in [-0.2, 0) is 32.7 Å². The Bertz CT molecular complexity index is 888. The van der Waals surface area contributed by atoms with Crippen LogP contribution in [0.15, 0.2) is 48.6 Å². The molecular weight excluding hydrogens is 551 g/mol. The fraction of sp³-hybridized carbons (Fsp3) is 0.621. The molecule has 0 radical (unpaired) electrons. The lowest BCUT2D eigenvalue weighted by Crippen LogP contribution is -2.34. The van der Waals surface area contributed by atoms with Crippen LogP contribution in [0, 0.1) is 0 Å². The molecule has 0 fully saturated rings. The van der Waals surface area contributed by atoms with Crippen LogP contribution in [0.25, 0.3) is 0 Å². The molecule has 0 aliphatic heterocycles. The predicted molar refractivity (Wildman–Crippen MR) is 159 cm³/mol. The van der Waals surface area contributed by atoms with Gasteiger partial charge < -0.3 is 25.8 Å². The number of nitrogens with one attached hydrogen (secondary N) is 1. The molecule has 0 aromatic carbocycles. The zero-order chi connectivity index (χ0) is 30.6. The van der Waals surface area contributed by atoms with Crippen molar-refractivity contribution in [2.75, 3.05) is 26.4 Å². The van der Waals surface area contributed by atoms with Crippen LogP contribution in [0.2, 0.25) is 0 Å². The summed E-state index contributed by atoms with van der Waals surface area (Å²) in [6.45, 7) is 1.45. The Kier molecular flexibility index (Phi) is 24.7. The first kappa shape index (κ1) is 38.4. The van der Waals surface area contributed by atoms with Crippen molar-refractivity contribution >= 4 is 25.7 Å². The molecule has 0 aromatic rings. The number of amides is 1. The normalized spacial score (nSPS) is 14.2. The van der Waals surface area contributed by atoms with Gasteiger partial charge in [-0.3, -0.25) is 23.4 Å². The lowest BCUT2D eigenvalue weighted by Gasteiger charge is -2.13. The molecule has 0 saturated carbocycles. The van der Waals surface area contributed by atoms with Crippen molar-refractivity contribution < 1.29 is 42.7 Å². The van der Waals surface area contributed by atoms with E-state index in [2.05, 4.69) is 69.9 Å². The number of phosphoric acid groups is 1. The number of esters is 1. The summed E-state index contributed by atoms with van der Waals surface area (Å²) in [5.74, 6) is -2.05. The first-order valence-electron chi connectivity index (χ1n) is 14.3. The molecule has 41 heavy (non-hydrogen) atoms.